The number of fused-ring (bicyclic) bond motifs is 3. The van der Waals surface area contributed by atoms with E-state index in [9.17, 15) is 4.79 Å². The van der Waals surface area contributed by atoms with Gasteiger partial charge in [-0.3, -0.25) is 0 Å². The Bertz CT molecular complexity index is 1280. The predicted octanol–water partition coefficient (Wildman–Crippen LogP) is 5.63. The number of benzene rings is 3. The number of carbonyl (C=O) groups is 1. The van der Waals surface area contributed by atoms with Gasteiger partial charge in [0, 0.05) is 23.6 Å². The summed E-state index contributed by atoms with van der Waals surface area (Å²) in [7, 11) is 3.26. The van der Waals surface area contributed by atoms with Gasteiger partial charge in [0.2, 0.25) is 0 Å². The van der Waals surface area contributed by atoms with Crippen molar-refractivity contribution in [2.24, 2.45) is 0 Å². The molecule has 1 aliphatic rings. The summed E-state index contributed by atoms with van der Waals surface area (Å²) in [6.07, 6.45) is 2.05. The summed E-state index contributed by atoms with van der Waals surface area (Å²) in [4.78, 5) is 15.6. The monoisotopic (exact) mass is 439 g/mol. The highest BCUT2D eigenvalue weighted by atomic mass is 16.5. The molecule has 5 rings (SSSR count). The molecule has 2 amide bonds. The van der Waals surface area contributed by atoms with Crippen molar-refractivity contribution in [3.63, 3.8) is 0 Å². The summed E-state index contributed by atoms with van der Waals surface area (Å²) in [6.45, 7) is 0.463. The van der Waals surface area contributed by atoms with Crippen molar-refractivity contribution < 1.29 is 14.3 Å². The van der Waals surface area contributed by atoms with E-state index < -0.39 is 0 Å². The number of aromatic nitrogens is 1. The lowest BCUT2D eigenvalue weighted by molar-refractivity contribution is 0.194. The first-order valence-electron chi connectivity index (χ1n) is 10.8. The van der Waals surface area contributed by atoms with Crippen molar-refractivity contribution in [2.45, 2.75) is 12.6 Å². The first kappa shape index (κ1) is 20.7. The van der Waals surface area contributed by atoms with Crippen molar-refractivity contribution in [1.82, 2.24) is 9.47 Å². The average Bonchev–Trinajstić information content (AvgIpc) is 3.28. The fraction of sp³-hybridized carbons (Fsp3) is 0.148. The van der Waals surface area contributed by atoms with Gasteiger partial charge in [0.05, 0.1) is 32.5 Å². The van der Waals surface area contributed by atoms with Crippen molar-refractivity contribution >= 4 is 11.7 Å². The molecule has 0 saturated carbocycles. The molecule has 166 valence electrons. The minimum atomic E-state index is -0.288. The van der Waals surface area contributed by atoms with E-state index in [2.05, 4.69) is 28.1 Å². The van der Waals surface area contributed by atoms with Crippen LogP contribution in [0.25, 0.3) is 5.69 Å². The lowest BCUT2D eigenvalue weighted by Crippen LogP contribution is -2.37. The second-order valence-corrected chi connectivity index (χ2v) is 7.90. The molecule has 0 aliphatic carbocycles. The highest BCUT2D eigenvalue weighted by molar-refractivity contribution is 5.90. The molecule has 4 aromatic rings. The number of hydrogen-bond donors (Lipinski definition) is 1. The van der Waals surface area contributed by atoms with E-state index in [1.54, 1.807) is 14.2 Å². The van der Waals surface area contributed by atoms with Crippen LogP contribution in [-0.2, 0) is 6.54 Å². The molecule has 0 fully saturated rings. The third-order valence-electron chi connectivity index (χ3n) is 5.98. The van der Waals surface area contributed by atoms with E-state index in [4.69, 9.17) is 9.47 Å². The maximum Gasteiger partial charge on any atom is 0.322 e. The maximum absolute atomic E-state index is 13.7. The van der Waals surface area contributed by atoms with Crippen molar-refractivity contribution in [2.75, 3.05) is 19.5 Å². The van der Waals surface area contributed by atoms with Crippen LogP contribution in [0.2, 0.25) is 0 Å². The van der Waals surface area contributed by atoms with Crippen LogP contribution in [0.4, 0.5) is 10.5 Å². The quantitative estimate of drug-likeness (QED) is 0.448. The van der Waals surface area contributed by atoms with E-state index in [1.807, 2.05) is 77.8 Å². The number of carbonyl (C=O) groups excluding carboxylic acids is 1. The first-order chi connectivity index (χ1) is 16.2. The Balaban J connectivity index is 1.60. The van der Waals surface area contributed by atoms with Crippen LogP contribution in [0.3, 0.4) is 0 Å². The van der Waals surface area contributed by atoms with Crippen LogP contribution in [0.1, 0.15) is 22.9 Å². The molecule has 1 atom stereocenters. The van der Waals surface area contributed by atoms with Gasteiger partial charge in [-0.1, -0.05) is 36.4 Å². The first-order valence-corrected chi connectivity index (χ1v) is 10.8. The number of nitrogens with one attached hydrogen (secondary N) is 1. The smallest absolute Gasteiger partial charge is 0.322 e. The minimum Gasteiger partial charge on any atom is -0.497 e. The number of para-hydroxylation sites is 1. The molecule has 0 unspecified atom stereocenters. The second kappa shape index (κ2) is 8.74. The van der Waals surface area contributed by atoms with Crippen LogP contribution in [-0.4, -0.2) is 29.7 Å². The summed E-state index contributed by atoms with van der Waals surface area (Å²) in [6, 6.07) is 27.1. The summed E-state index contributed by atoms with van der Waals surface area (Å²) in [5.74, 6) is 1.47. The lowest BCUT2D eigenvalue weighted by Gasteiger charge is -2.31. The SMILES string of the molecule is COc1ccc([C@@H]2c3cccn3-c3ccccc3CN2C(=O)Nc2cccc(OC)c2)cc1. The van der Waals surface area contributed by atoms with Gasteiger partial charge in [-0.15, -0.1) is 0 Å². The molecule has 0 radical (unpaired) electrons. The number of anilines is 1. The Hall–Kier alpha value is -4.19. The molecular weight excluding hydrogens is 414 g/mol. The minimum absolute atomic E-state index is 0.187. The Morgan fingerprint density at radius 2 is 1.67 bits per heavy atom. The number of hydrogen-bond acceptors (Lipinski definition) is 3. The number of ether oxygens (including phenoxy) is 2. The number of amides is 2. The van der Waals surface area contributed by atoms with Gasteiger partial charge in [0.15, 0.2) is 0 Å². The van der Waals surface area contributed by atoms with E-state index >= 15 is 0 Å². The zero-order valence-corrected chi connectivity index (χ0v) is 18.6. The molecule has 3 aromatic carbocycles. The third kappa shape index (κ3) is 3.91. The molecule has 0 bridgehead atoms. The van der Waals surface area contributed by atoms with Crippen LogP contribution in [0.15, 0.2) is 91.1 Å². The third-order valence-corrected chi connectivity index (χ3v) is 5.98. The van der Waals surface area contributed by atoms with Crippen molar-refractivity contribution in [3.8, 4) is 17.2 Å². The van der Waals surface area contributed by atoms with E-state index in [-0.39, 0.29) is 12.1 Å². The summed E-state index contributed by atoms with van der Waals surface area (Å²) in [5, 5.41) is 3.06. The number of methoxy groups -OCH3 is 2. The maximum atomic E-state index is 13.7. The Morgan fingerprint density at radius 1 is 0.879 bits per heavy atom. The molecule has 0 saturated heterocycles. The Labute approximate surface area is 193 Å². The van der Waals surface area contributed by atoms with Crippen LogP contribution in [0, 0.1) is 0 Å². The fourth-order valence-corrected chi connectivity index (χ4v) is 4.37. The lowest BCUT2D eigenvalue weighted by atomic mass is 10.0. The topological polar surface area (TPSA) is 55.7 Å². The molecule has 1 N–H and O–H groups in total. The van der Waals surface area contributed by atoms with E-state index in [0.717, 1.165) is 28.3 Å². The highest BCUT2D eigenvalue weighted by Crippen LogP contribution is 2.37. The van der Waals surface area contributed by atoms with Gasteiger partial charge >= 0.3 is 6.03 Å². The molecule has 2 heterocycles. The Morgan fingerprint density at radius 3 is 2.45 bits per heavy atom. The molecule has 33 heavy (non-hydrogen) atoms. The normalized spacial score (nSPS) is 14.6. The van der Waals surface area contributed by atoms with Crippen LogP contribution in [0.5, 0.6) is 11.5 Å². The highest BCUT2D eigenvalue weighted by Gasteiger charge is 2.33. The zero-order valence-electron chi connectivity index (χ0n) is 18.6. The van der Waals surface area contributed by atoms with E-state index in [1.165, 1.54) is 0 Å². The number of rotatable bonds is 4. The predicted molar refractivity (Wildman–Crippen MR) is 128 cm³/mol. The summed E-state index contributed by atoms with van der Waals surface area (Å²) >= 11 is 0. The van der Waals surface area contributed by atoms with Gasteiger partial charge in [-0.05, 0) is 53.6 Å². The van der Waals surface area contributed by atoms with Gasteiger partial charge in [-0.2, -0.15) is 0 Å². The van der Waals surface area contributed by atoms with Crippen LogP contribution < -0.4 is 14.8 Å². The second-order valence-electron chi connectivity index (χ2n) is 7.90. The average molecular weight is 440 g/mol. The van der Waals surface area contributed by atoms with Gasteiger partial charge in [0.1, 0.15) is 11.5 Å². The van der Waals surface area contributed by atoms with Gasteiger partial charge < -0.3 is 24.3 Å². The molecule has 6 heteroatoms. The number of nitrogens with zero attached hydrogens (tertiary/aromatic N) is 2. The largest absolute Gasteiger partial charge is 0.497 e. The van der Waals surface area contributed by atoms with Crippen molar-refractivity contribution in [1.29, 1.82) is 0 Å². The van der Waals surface area contributed by atoms with E-state index in [0.29, 0.717) is 18.0 Å². The number of urea groups is 1. The molecule has 0 spiro atoms. The van der Waals surface area contributed by atoms with Gasteiger partial charge in [0.25, 0.3) is 0 Å². The molecule has 1 aromatic heterocycles. The Kier molecular flexibility index (Phi) is 5.48. The fourth-order valence-electron chi connectivity index (χ4n) is 4.37. The van der Waals surface area contributed by atoms with Crippen molar-refractivity contribution in [3.05, 3.63) is 108 Å². The molecular formula is C27H25N3O3. The standard InChI is InChI=1S/C27H25N3O3/c1-32-22-14-12-19(13-15-22)26-25-11-6-16-29(25)24-10-4-3-7-20(24)18-30(26)27(31)28-21-8-5-9-23(17-21)33-2/h3-17,26H,18H2,1-2H3,(H,28,31)/t26-/m1/s1. The zero-order chi connectivity index (χ0) is 22.8. The molecule has 6 nitrogen and oxygen atoms in total. The van der Waals surface area contributed by atoms with Crippen LogP contribution >= 0.6 is 0 Å². The summed E-state index contributed by atoms with van der Waals surface area (Å²) in [5.41, 5.74) is 4.86. The summed E-state index contributed by atoms with van der Waals surface area (Å²) < 4.78 is 12.8. The molecule has 1 aliphatic heterocycles. The van der Waals surface area contributed by atoms with Gasteiger partial charge in [-0.25, -0.2) is 4.79 Å².